The number of rotatable bonds is 12. The molecule has 0 unspecified atom stereocenters. The van der Waals surface area contributed by atoms with Crippen molar-refractivity contribution in [2.75, 3.05) is 23.7 Å². The van der Waals surface area contributed by atoms with Crippen molar-refractivity contribution in [1.29, 1.82) is 0 Å². The van der Waals surface area contributed by atoms with Gasteiger partial charge in [-0.05, 0) is 42.2 Å². The standard InChI is InChI=1S/C29H34ClN3O4S/c1-4-17-31-29(35)27(18-23-11-7-5-8-12-23)32(20-24-13-9-6-10-14-24)28(34)21-33(38(3,36)37)25-16-15-22(2)26(30)19-25/h5-16,19,27H,4,17-18,20-21H2,1-3H3,(H,31,35)/t27-/m1/s1. The maximum absolute atomic E-state index is 13.9. The molecule has 0 saturated heterocycles. The molecular weight excluding hydrogens is 522 g/mol. The molecule has 0 aliphatic rings. The van der Waals surface area contributed by atoms with Crippen molar-refractivity contribution in [1.82, 2.24) is 10.2 Å². The Morgan fingerprint density at radius 1 is 0.947 bits per heavy atom. The number of nitrogens with one attached hydrogen (secondary N) is 1. The zero-order chi connectivity index (χ0) is 27.7. The molecular formula is C29H34ClN3O4S. The molecule has 202 valence electrons. The van der Waals surface area contributed by atoms with Crippen LogP contribution in [0.15, 0.2) is 78.9 Å². The van der Waals surface area contributed by atoms with Gasteiger partial charge in [0, 0.05) is 24.5 Å². The zero-order valence-electron chi connectivity index (χ0n) is 21.9. The highest BCUT2D eigenvalue weighted by Gasteiger charge is 2.33. The van der Waals surface area contributed by atoms with Crippen molar-refractivity contribution in [3.05, 3.63) is 101 Å². The van der Waals surface area contributed by atoms with Crippen LogP contribution in [-0.4, -0.2) is 50.5 Å². The summed E-state index contributed by atoms with van der Waals surface area (Å²) in [7, 11) is -3.84. The lowest BCUT2D eigenvalue weighted by Crippen LogP contribution is -2.53. The summed E-state index contributed by atoms with van der Waals surface area (Å²) in [6.07, 6.45) is 2.07. The molecule has 3 aromatic carbocycles. The molecule has 0 bridgehead atoms. The minimum absolute atomic E-state index is 0.142. The molecule has 0 aliphatic carbocycles. The zero-order valence-corrected chi connectivity index (χ0v) is 23.5. The van der Waals surface area contributed by atoms with E-state index in [9.17, 15) is 18.0 Å². The van der Waals surface area contributed by atoms with E-state index in [2.05, 4.69) is 5.32 Å². The lowest BCUT2D eigenvalue weighted by molar-refractivity contribution is -0.140. The smallest absolute Gasteiger partial charge is 0.244 e. The molecule has 0 spiro atoms. The molecule has 1 atom stereocenters. The van der Waals surface area contributed by atoms with Gasteiger partial charge >= 0.3 is 0 Å². The number of halogens is 1. The first-order valence-corrected chi connectivity index (χ1v) is 14.7. The summed E-state index contributed by atoms with van der Waals surface area (Å²) in [6.45, 7) is 3.90. The number of benzene rings is 3. The highest BCUT2D eigenvalue weighted by atomic mass is 35.5. The van der Waals surface area contributed by atoms with Crippen LogP contribution in [0.2, 0.25) is 5.02 Å². The van der Waals surface area contributed by atoms with Crippen LogP contribution in [0.3, 0.4) is 0 Å². The number of sulfonamides is 1. The van der Waals surface area contributed by atoms with Crippen molar-refractivity contribution >= 4 is 39.1 Å². The average molecular weight is 556 g/mol. The molecule has 2 amide bonds. The Bertz CT molecular complexity index is 1330. The Labute approximate surface area is 230 Å². The predicted octanol–water partition coefficient (Wildman–Crippen LogP) is 4.58. The van der Waals surface area contributed by atoms with Gasteiger partial charge in [-0.3, -0.25) is 13.9 Å². The van der Waals surface area contributed by atoms with E-state index in [0.29, 0.717) is 11.6 Å². The van der Waals surface area contributed by atoms with E-state index in [1.807, 2.05) is 74.5 Å². The molecule has 0 fully saturated rings. The van der Waals surface area contributed by atoms with Crippen LogP contribution in [-0.2, 0) is 32.6 Å². The monoisotopic (exact) mass is 555 g/mol. The molecule has 1 N–H and O–H groups in total. The van der Waals surface area contributed by atoms with Gasteiger partial charge in [0.1, 0.15) is 12.6 Å². The van der Waals surface area contributed by atoms with Crippen LogP contribution in [0.4, 0.5) is 5.69 Å². The Morgan fingerprint density at radius 2 is 1.55 bits per heavy atom. The molecule has 0 aliphatic heterocycles. The first kappa shape index (κ1) is 29.2. The van der Waals surface area contributed by atoms with Crippen molar-refractivity contribution < 1.29 is 18.0 Å². The number of anilines is 1. The lowest BCUT2D eigenvalue weighted by Gasteiger charge is -2.33. The lowest BCUT2D eigenvalue weighted by atomic mass is 10.0. The van der Waals surface area contributed by atoms with Crippen LogP contribution >= 0.6 is 11.6 Å². The van der Waals surface area contributed by atoms with Gasteiger partial charge in [-0.25, -0.2) is 8.42 Å². The third kappa shape index (κ3) is 8.07. The Hall–Kier alpha value is -3.36. The Balaban J connectivity index is 2.03. The number of carbonyl (C=O) groups excluding carboxylic acids is 2. The van der Waals surface area contributed by atoms with Gasteiger partial charge in [0.25, 0.3) is 0 Å². The summed E-state index contributed by atoms with van der Waals surface area (Å²) in [6, 6.07) is 22.8. The van der Waals surface area contributed by atoms with Gasteiger partial charge < -0.3 is 10.2 Å². The number of hydrogen-bond acceptors (Lipinski definition) is 4. The molecule has 3 aromatic rings. The summed E-state index contributed by atoms with van der Waals surface area (Å²) < 4.78 is 26.7. The Morgan fingerprint density at radius 3 is 2.11 bits per heavy atom. The van der Waals surface area contributed by atoms with E-state index in [1.165, 1.54) is 11.0 Å². The fraction of sp³-hybridized carbons (Fsp3) is 0.310. The molecule has 0 aromatic heterocycles. The van der Waals surface area contributed by atoms with E-state index in [0.717, 1.165) is 33.7 Å². The molecule has 9 heteroatoms. The third-order valence-electron chi connectivity index (χ3n) is 6.14. The van der Waals surface area contributed by atoms with E-state index < -0.39 is 28.5 Å². The Kier molecular flexibility index (Phi) is 10.3. The second-order valence-electron chi connectivity index (χ2n) is 9.21. The van der Waals surface area contributed by atoms with E-state index >= 15 is 0 Å². The van der Waals surface area contributed by atoms with Gasteiger partial charge in [-0.1, -0.05) is 85.3 Å². The summed E-state index contributed by atoms with van der Waals surface area (Å²) in [5.74, 6) is -0.784. The number of aryl methyl sites for hydroxylation is 1. The maximum atomic E-state index is 13.9. The topological polar surface area (TPSA) is 86.8 Å². The number of amides is 2. The molecule has 38 heavy (non-hydrogen) atoms. The largest absolute Gasteiger partial charge is 0.354 e. The second kappa shape index (κ2) is 13.4. The van der Waals surface area contributed by atoms with Gasteiger partial charge in [-0.15, -0.1) is 0 Å². The maximum Gasteiger partial charge on any atom is 0.244 e. The van der Waals surface area contributed by atoms with Gasteiger partial charge in [0.15, 0.2) is 0 Å². The molecule has 7 nitrogen and oxygen atoms in total. The highest BCUT2D eigenvalue weighted by molar-refractivity contribution is 7.92. The summed E-state index contributed by atoms with van der Waals surface area (Å²) in [5.41, 5.74) is 2.79. The second-order valence-corrected chi connectivity index (χ2v) is 11.5. The van der Waals surface area contributed by atoms with Crippen molar-refractivity contribution in [3.8, 4) is 0 Å². The van der Waals surface area contributed by atoms with Gasteiger partial charge in [0.2, 0.25) is 21.8 Å². The first-order chi connectivity index (χ1) is 18.1. The minimum Gasteiger partial charge on any atom is -0.354 e. The van der Waals surface area contributed by atoms with E-state index in [1.54, 1.807) is 12.1 Å². The van der Waals surface area contributed by atoms with Crippen LogP contribution in [0, 0.1) is 6.92 Å². The van der Waals surface area contributed by atoms with Gasteiger partial charge in [-0.2, -0.15) is 0 Å². The normalized spacial score (nSPS) is 12.0. The van der Waals surface area contributed by atoms with E-state index in [4.69, 9.17) is 11.6 Å². The van der Waals surface area contributed by atoms with Crippen molar-refractivity contribution in [2.24, 2.45) is 0 Å². The fourth-order valence-corrected chi connectivity index (χ4v) is 5.07. The quantitative estimate of drug-likeness (QED) is 0.354. The van der Waals surface area contributed by atoms with Crippen LogP contribution < -0.4 is 9.62 Å². The summed E-state index contributed by atoms with van der Waals surface area (Å²) >= 11 is 6.28. The molecule has 0 saturated carbocycles. The van der Waals surface area contributed by atoms with Gasteiger partial charge in [0.05, 0.1) is 11.9 Å². The SMILES string of the molecule is CCCNC(=O)[C@@H](Cc1ccccc1)N(Cc1ccccc1)C(=O)CN(c1ccc(C)c(Cl)c1)S(C)(=O)=O. The van der Waals surface area contributed by atoms with Crippen molar-refractivity contribution in [3.63, 3.8) is 0 Å². The molecule has 0 heterocycles. The fourth-order valence-electron chi connectivity index (χ4n) is 4.05. The molecule has 3 rings (SSSR count). The summed E-state index contributed by atoms with van der Waals surface area (Å²) in [4.78, 5) is 28.8. The average Bonchev–Trinajstić information content (AvgIpc) is 2.90. The van der Waals surface area contributed by atoms with Crippen LogP contribution in [0.25, 0.3) is 0 Å². The molecule has 0 radical (unpaired) electrons. The predicted molar refractivity (Wildman–Crippen MR) is 153 cm³/mol. The number of carbonyl (C=O) groups is 2. The number of nitrogens with zero attached hydrogens (tertiary/aromatic N) is 2. The minimum atomic E-state index is -3.84. The third-order valence-corrected chi connectivity index (χ3v) is 7.69. The highest BCUT2D eigenvalue weighted by Crippen LogP contribution is 2.25. The van der Waals surface area contributed by atoms with Crippen LogP contribution in [0.1, 0.15) is 30.0 Å². The number of hydrogen-bond donors (Lipinski definition) is 1. The van der Waals surface area contributed by atoms with Crippen LogP contribution in [0.5, 0.6) is 0 Å². The first-order valence-electron chi connectivity index (χ1n) is 12.5. The van der Waals surface area contributed by atoms with E-state index in [-0.39, 0.29) is 24.6 Å². The van der Waals surface area contributed by atoms with Crippen molar-refractivity contribution in [2.45, 2.75) is 39.3 Å². The summed E-state index contributed by atoms with van der Waals surface area (Å²) in [5, 5.41) is 3.31.